The highest BCUT2D eigenvalue weighted by Crippen LogP contribution is 2.29. The number of nitrogens with zero attached hydrogens (tertiary/aromatic N) is 2. The number of hydrogen-bond donors (Lipinski definition) is 2. The Morgan fingerprint density at radius 1 is 1.26 bits per heavy atom. The number of aliphatic imine (C=N–C) groups is 1. The maximum Gasteiger partial charge on any atom is 0.191 e. The Labute approximate surface area is 179 Å². The molecular formula is C20H32FIN4O. The number of para-hydroxylation sites is 1. The molecule has 5 nitrogen and oxygen atoms in total. The number of hydrogen-bond acceptors (Lipinski definition) is 3. The SMILES string of the molecule is CCNC(=NCC(C)Oc1ccccc1F)NC1CCN(C2CC2)CC1.I. The Morgan fingerprint density at radius 2 is 1.96 bits per heavy atom. The molecule has 1 saturated heterocycles. The molecule has 1 unspecified atom stereocenters. The minimum absolute atomic E-state index is 0. The monoisotopic (exact) mass is 490 g/mol. The smallest absolute Gasteiger partial charge is 0.191 e. The second kappa shape index (κ2) is 11.0. The van der Waals surface area contributed by atoms with Gasteiger partial charge in [-0.25, -0.2) is 9.38 Å². The number of halogens is 2. The van der Waals surface area contributed by atoms with Crippen molar-refractivity contribution in [2.24, 2.45) is 4.99 Å². The third kappa shape index (κ3) is 7.10. The van der Waals surface area contributed by atoms with Gasteiger partial charge in [0, 0.05) is 31.7 Å². The van der Waals surface area contributed by atoms with Crippen molar-refractivity contribution in [3.8, 4) is 5.75 Å². The Bertz CT molecular complexity index is 603. The quantitative estimate of drug-likeness (QED) is 0.350. The maximum atomic E-state index is 13.7. The van der Waals surface area contributed by atoms with Gasteiger partial charge in [0.2, 0.25) is 0 Å². The summed E-state index contributed by atoms with van der Waals surface area (Å²) in [4.78, 5) is 7.25. The summed E-state index contributed by atoms with van der Waals surface area (Å²) in [5, 5.41) is 6.85. The van der Waals surface area contributed by atoms with Crippen LogP contribution in [0.15, 0.2) is 29.3 Å². The molecular weight excluding hydrogens is 458 g/mol. The summed E-state index contributed by atoms with van der Waals surface area (Å²) >= 11 is 0. The molecule has 1 aromatic carbocycles. The largest absolute Gasteiger partial charge is 0.486 e. The highest BCUT2D eigenvalue weighted by molar-refractivity contribution is 14.0. The summed E-state index contributed by atoms with van der Waals surface area (Å²) in [6.07, 6.45) is 4.87. The first-order chi connectivity index (χ1) is 12.7. The van der Waals surface area contributed by atoms with Crippen LogP contribution in [-0.4, -0.2) is 55.2 Å². The van der Waals surface area contributed by atoms with Gasteiger partial charge in [-0.2, -0.15) is 0 Å². The number of rotatable bonds is 7. The molecule has 2 fully saturated rings. The number of likely N-dealkylation sites (tertiary alicyclic amines) is 1. The van der Waals surface area contributed by atoms with Crippen LogP contribution in [0.2, 0.25) is 0 Å². The molecule has 0 radical (unpaired) electrons. The summed E-state index contributed by atoms with van der Waals surface area (Å²) in [6.45, 7) is 7.61. The molecule has 1 aromatic rings. The third-order valence-electron chi connectivity index (χ3n) is 4.95. The van der Waals surface area contributed by atoms with E-state index in [1.54, 1.807) is 18.2 Å². The van der Waals surface area contributed by atoms with Crippen molar-refractivity contribution >= 4 is 29.9 Å². The van der Waals surface area contributed by atoms with Gasteiger partial charge >= 0.3 is 0 Å². The average molecular weight is 490 g/mol. The molecule has 152 valence electrons. The van der Waals surface area contributed by atoms with Crippen molar-refractivity contribution in [3.05, 3.63) is 30.1 Å². The van der Waals surface area contributed by atoms with Crippen LogP contribution in [-0.2, 0) is 0 Å². The first-order valence-corrected chi connectivity index (χ1v) is 9.85. The first-order valence-electron chi connectivity index (χ1n) is 9.85. The van der Waals surface area contributed by atoms with Crippen molar-refractivity contribution in [3.63, 3.8) is 0 Å². The highest BCUT2D eigenvalue weighted by atomic mass is 127. The van der Waals surface area contributed by atoms with Crippen molar-refractivity contribution in [1.29, 1.82) is 0 Å². The van der Waals surface area contributed by atoms with Gasteiger partial charge < -0.3 is 20.3 Å². The molecule has 1 heterocycles. The summed E-state index contributed by atoms with van der Waals surface area (Å²) in [5.74, 6) is 0.762. The lowest BCUT2D eigenvalue weighted by Crippen LogP contribution is -2.49. The first kappa shape index (κ1) is 22.2. The molecule has 0 bridgehead atoms. The number of piperidine rings is 1. The van der Waals surface area contributed by atoms with Gasteiger partial charge in [-0.05, 0) is 51.7 Å². The minimum atomic E-state index is -0.337. The molecule has 3 rings (SSSR count). The van der Waals surface area contributed by atoms with Crippen LogP contribution in [0.3, 0.4) is 0 Å². The fraction of sp³-hybridized carbons (Fsp3) is 0.650. The highest BCUT2D eigenvalue weighted by Gasteiger charge is 2.31. The van der Waals surface area contributed by atoms with Gasteiger partial charge in [0.05, 0.1) is 6.54 Å². The topological polar surface area (TPSA) is 48.9 Å². The van der Waals surface area contributed by atoms with Crippen LogP contribution in [0.25, 0.3) is 0 Å². The summed E-state index contributed by atoms with van der Waals surface area (Å²) in [7, 11) is 0. The molecule has 1 aliphatic carbocycles. The normalized spacial score (nSPS) is 19.9. The second-order valence-electron chi connectivity index (χ2n) is 7.26. The fourth-order valence-electron chi connectivity index (χ4n) is 3.38. The molecule has 0 spiro atoms. The molecule has 1 aliphatic heterocycles. The summed E-state index contributed by atoms with van der Waals surface area (Å²) in [5.41, 5.74) is 0. The van der Waals surface area contributed by atoms with Gasteiger partial charge in [0.25, 0.3) is 0 Å². The van der Waals surface area contributed by atoms with Crippen LogP contribution < -0.4 is 15.4 Å². The predicted molar refractivity (Wildman–Crippen MR) is 119 cm³/mol. The molecule has 1 saturated carbocycles. The van der Waals surface area contributed by atoms with Crippen molar-refractivity contribution in [2.75, 3.05) is 26.2 Å². The minimum Gasteiger partial charge on any atom is -0.486 e. The number of ether oxygens (including phenoxy) is 1. The van der Waals surface area contributed by atoms with E-state index < -0.39 is 0 Å². The fourth-order valence-corrected chi connectivity index (χ4v) is 3.38. The van der Waals surface area contributed by atoms with E-state index in [9.17, 15) is 4.39 Å². The maximum absolute atomic E-state index is 13.7. The Hall–Kier alpha value is -1.09. The van der Waals surface area contributed by atoms with Gasteiger partial charge in [-0.15, -0.1) is 24.0 Å². The Balaban J connectivity index is 0.00000261. The van der Waals surface area contributed by atoms with Crippen LogP contribution in [0, 0.1) is 5.82 Å². The number of nitrogens with one attached hydrogen (secondary N) is 2. The van der Waals surface area contributed by atoms with E-state index in [1.807, 2.05) is 6.92 Å². The molecule has 1 atom stereocenters. The van der Waals surface area contributed by atoms with E-state index in [1.165, 1.54) is 32.0 Å². The van der Waals surface area contributed by atoms with Crippen LogP contribution in [0.1, 0.15) is 39.5 Å². The van der Waals surface area contributed by atoms with Gasteiger partial charge in [0.15, 0.2) is 17.5 Å². The Kier molecular flexibility index (Phi) is 9.08. The van der Waals surface area contributed by atoms with Crippen LogP contribution in [0.4, 0.5) is 4.39 Å². The molecule has 27 heavy (non-hydrogen) atoms. The van der Waals surface area contributed by atoms with Gasteiger partial charge in [0.1, 0.15) is 6.10 Å². The molecule has 2 aliphatic rings. The van der Waals surface area contributed by atoms with E-state index >= 15 is 0 Å². The summed E-state index contributed by atoms with van der Waals surface area (Å²) in [6, 6.07) is 7.80. The van der Waals surface area contributed by atoms with Crippen molar-refractivity contribution in [2.45, 2.75) is 57.7 Å². The molecule has 7 heteroatoms. The zero-order valence-electron chi connectivity index (χ0n) is 16.3. The van der Waals surface area contributed by atoms with Gasteiger partial charge in [-0.1, -0.05) is 12.1 Å². The van der Waals surface area contributed by atoms with Crippen molar-refractivity contribution in [1.82, 2.24) is 15.5 Å². The summed E-state index contributed by atoms with van der Waals surface area (Å²) < 4.78 is 19.3. The molecule has 2 N–H and O–H groups in total. The zero-order chi connectivity index (χ0) is 18.4. The lowest BCUT2D eigenvalue weighted by Gasteiger charge is -2.33. The van der Waals surface area contributed by atoms with Crippen LogP contribution >= 0.6 is 24.0 Å². The third-order valence-corrected chi connectivity index (χ3v) is 4.95. The molecule has 0 aromatic heterocycles. The van der Waals surface area contributed by atoms with E-state index in [0.717, 1.165) is 31.4 Å². The van der Waals surface area contributed by atoms with Crippen LogP contribution in [0.5, 0.6) is 5.75 Å². The van der Waals surface area contributed by atoms with E-state index in [4.69, 9.17) is 4.74 Å². The lowest BCUT2D eigenvalue weighted by atomic mass is 10.1. The van der Waals surface area contributed by atoms with Gasteiger partial charge in [-0.3, -0.25) is 0 Å². The number of guanidine groups is 1. The van der Waals surface area contributed by atoms with Crippen molar-refractivity contribution < 1.29 is 9.13 Å². The lowest BCUT2D eigenvalue weighted by molar-refractivity contribution is 0.197. The zero-order valence-corrected chi connectivity index (χ0v) is 18.6. The van der Waals surface area contributed by atoms with E-state index in [0.29, 0.717) is 12.6 Å². The Morgan fingerprint density at radius 3 is 2.59 bits per heavy atom. The van der Waals surface area contributed by atoms with E-state index in [2.05, 4.69) is 27.4 Å². The average Bonchev–Trinajstić information content (AvgIpc) is 3.48. The predicted octanol–water partition coefficient (Wildman–Crippen LogP) is 3.39. The second-order valence-corrected chi connectivity index (χ2v) is 7.26. The standard InChI is InChI=1S/C20H31FN4O.HI/c1-3-22-20(24-16-10-12-25(13-11-16)17-8-9-17)23-14-15(2)26-19-7-5-4-6-18(19)21;/h4-7,15-17H,3,8-14H2,1-2H3,(H2,22,23,24);1H. The number of benzene rings is 1. The van der Waals surface area contributed by atoms with E-state index in [-0.39, 0.29) is 41.6 Å². The molecule has 0 amide bonds.